The van der Waals surface area contributed by atoms with Crippen molar-refractivity contribution in [3.8, 4) is 0 Å². The van der Waals surface area contributed by atoms with E-state index in [4.69, 9.17) is 4.74 Å². The number of nitrogens with zero attached hydrogens (tertiary/aromatic N) is 1. The van der Waals surface area contributed by atoms with Crippen molar-refractivity contribution in [2.45, 2.75) is 44.9 Å². The maximum absolute atomic E-state index is 11.9. The first-order valence-corrected chi connectivity index (χ1v) is 8.15. The van der Waals surface area contributed by atoms with Gasteiger partial charge in [-0.2, -0.15) is 0 Å². The van der Waals surface area contributed by atoms with Crippen LogP contribution in [-0.2, 0) is 25.7 Å². The molecule has 1 aliphatic heterocycles. The lowest BCUT2D eigenvalue weighted by molar-refractivity contribution is -0.384. The Morgan fingerprint density at radius 3 is 2.58 bits per heavy atom. The zero-order valence-electron chi connectivity index (χ0n) is 14.2. The van der Waals surface area contributed by atoms with Crippen LogP contribution in [0.15, 0.2) is 24.3 Å². The van der Waals surface area contributed by atoms with Gasteiger partial charge >= 0.3 is 5.97 Å². The number of esters is 1. The lowest BCUT2D eigenvalue weighted by Gasteiger charge is -2.10. The van der Waals surface area contributed by atoms with Crippen molar-refractivity contribution in [2.24, 2.45) is 5.92 Å². The van der Waals surface area contributed by atoms with E-state index in [9.17, 15) is 29.6 Å². The molecule has 3 atom stereocenters. The lowest BCUT2D eigenvalue weighted by atomic mass is 9.97. The fourth-order valence-electron chi connectivity index (χ4n) is 2.77. The Balaban J connectivity index is 1.74. The number of ether oxygens (including phenoxy) is 1. The molecule has 1 aliphatic rings. The zero-order valence-corrected chi connectivity index (χ0v) is 14.2. The number of Topliss-reactive ketones (excluding diaryl/α,β-unsaturated/α-hetero) is 1. The molecule has 9 nitrogen and oxygen atoms in total. The van der Waals surface area contributed by atoms with Gasteiger partial charge < -0.3 is 15.2 Å². The molecule has 26 heavy (non-hydrogen) atoms. The largest absolute Gasteiger partial charge is 0.460 e. The minimum Gasteiger partial charge on any atom is -0.460 e. The fraction of sp³-hybridized carbons (Fsp3) is 0.471. The predicted octanol–water partition coefficient (Wildman–Crippen LogP) is 0.873. The van der Waals surface area contributed by atoms with Gasteiger partial charge in [0.1, 0.15) is 18.8 Å². The van der Waals surface area contributed by atoms with Crippen molar-refractivity contribution in [3.63, 3.8) is 0 Å². The molecule has 0 unspecified atom stereocenters. The second-order valence-electron chi connectivity index (χ2n) is 6.29. The average Bonchev–Trinajstić information content (AvgIpc) is 2.93. The quantitative estimate of drug-likeness (QED) is 0.302. The topological polar surface area (TPSA) is 136 Å². The molecule has 0 aliphatic carbocycles. The van der Waals surface area contributed by atoms with E-state index in [0.29, 0.717) is 12.0 Å². The number of benzene rings is 1. The van der Waals surface area contributed by atoms with Crippen LogP contribution < -0.4 is 5.32 Å². The van der Waals surface area contributed by atoms with Crippen LogP contribution >= 0.6 is 0 Å². The third-order valence-electron chi connectivity index (χ3n) is 4.17. The van der Waals surface area contributed by atoms with Crippen LogP contribution in [-0.4, -0.2) is 39.8 Å². The summed E-state index contributed by atoms with van der Waals surface area (Å²) < 4.78 is 4.99. The number of nitro groups is 1. The van der Waals surface area contributed by atoms with Gasteiger partial charge in [0.2, 0.25) is 5.91 Å². The maximum atomic E-state index is 11.9. The standard InChI is InChI=1S/C17H20N2O7/c1-10(20)15-7-12(18-17(15)23)6-14(21)8-16(22)26-9-11-2-4-13(5-3-11)19(24)25/h2-5,10,12,15,20H,6-9H2,1H3,(H,18,23)/t10-,12-,15+/m1/s1. The summed E-state index contributed by atoms with van der Waals surface area (Å²) in [6.07, 6.45) is -0.859. The first kappa shape index (κ1) is 19.5. The molecule has 140 valence electrons. The van der Waals surface area contributed by atoms with Crippen molar-refractivity contribution in [1.29, 1.82) is 0 Å². The van der Waals surface area contributed by atoms with Gasteiger partial charge in [0.25, 0.3) is 5.69 Å². The number of hydrogen-bond donors (Lipinski definition) is 2. The fourth-order valence-corrected chi connectivity index (χ4v) is 2.77. The van der Waals surface area contributed by atoms with E-state index in [0.717, 1.165) is 0 Å². The monoisotopic (exact) mass is 364 g/mol. The highest BCUT2D eigenvalue weighted by atomic mass is 16.6. The summed E-state index contributed by atoms with van der Waals surface area (Å²) in [7, 11) is 0. The molecular formula is C17H20N2O7. The molecule has 2 rings (SSSR count). The van der Waals surface area contributed by atoms with Gasteiger partial charge in [-0.1, -0.05) is 0 Å². The first-order chi connectivity index (χ1) is 12.3. The van der Waals surface area contributed by atoms with E-state index >= 15 is 0 Å². The molecule has 2 N–H and O–H groups in total. The smallest absolute Gasteiger partial charge is 0.313 e. The summed E-state index contributed by atoms with van der Waals surface area (Å²) in [5, 5.41) is 22.7. The Hall–Kier alpha value is -2.81. The van der Waals surface area contributed by atoms with E-state index < -0.39 is 35.4 Å². The van der Waals surface area contributed by atoms with E-state index in [1.165, 1.54) is 31.2 Å². The zero-order chi connectivity index (χ0) is 19.3. The van der Waals surface area contributed by atoms with Gasteiger partial charge in [0, 0.05) is 24.6 Å². The molecule has 0 radical (unpaired) electrons. The molecule has 0 aromatic heterocycles. The summed E-state index contributed by atoms with van der Waals surface area (Å²) in [6, 6.07) is 5.15. The molecule has 1 amide bonds. The van der Waals surface area contributed by atoms with Crippen LogP contribution in [0.1, 0.15) is 31.7 Å². The van der Waals surface area contributed by atoms with E-state index in [2.05, 4.69) is 5.32 Å². The normalized spacial score (nSPS) is 20.3. The highest BCUT2D eigenvalue weighted by Gasteiger charge is 2.35. The molecule has 1 aromatic carbocycles. The number of ketones is 1. The van der Waals surface area contributed by atoms with Crippen LogP contribution in [0.4, 0.5) is 5.69 Å². The van der Waals surface area contributed by atoms with E-state index in [1.807, 2.05) is 0 Å². The molecular weight excluding hydrogens is 344 g/mol. The summed E-state index contributed by atoms with van der Waals surface area (Å²) in [6.45, 7) is 1.43. The molecule has 9 heteroatoms. The second-order valence-corrected chi connectivity index (χ2v) is 6.29. The van der Waals surface area contributed by atoms with Crippen molar-refractivity contribution in [3.05, 3.63) is 39.9 Å². The molecule has 1 fully saturated rings. The van der Waals surface area contributed by atoms with Crippen LogP contribution in [0.5, 0.6) is 0 Å². The lowest BCUT2D eigenvalue weighted by Crippen LogP contribution is -2.30. The maximum Gasteiger partial charge on any atom is 0.313 e. The van der Waals surface area contributed by atoms with Gasteiger partial charge in [0.05, 0.1) is 16.9 Å². The molecule has 1 saturated heterocycles. The summed E-state index contributed by atoms with van der Waals surface area (Å²) in [5.41, 5.74) is 0.503. The summed E-state index contributed by atoms with van der Waals surface area (Å²) in [4.78, 5) is 45.3. The molecule has 0 saturated carbocycles. The SMILES string of the molecule is C[C@@H](O)[C@@H]1C[C@@H](CC(=O)CC(=O)OCc2ccc([N+](=O)[O-])cc2)NC1=O. The van der Waals surface area contributed by atoms with E-state index in [-0.39, 0.29) is 30.4 Å². The Labute approximate surface area is 149 Å². The number of nitro benzene ring substituents is 1. The summed E-state index contributed by atoms with van der Waals surface area (Å²) in [5.74, 6) is -1.90. The molecule has 0 spiro atoms. The van der Waals surface area contributed by atoms with Gasteiger partial charge in [-0.25, -0.2) is 0 Å². The predicted molar refractivity (Wildman–Crippen MR) is 88.9 cm³/mol. The molecule has 0 bridgehead atoms. The Kier molecular flexibility index (Phi) is 6.40. The van der Waals surface area contributed by atoms with Gasteiger partial charge in [-0.3, -0.25) is 24.5 Å². The molecule has 1 aromatic rings. The first-order valence-electron chi connectivity index (χ1n) is 8.15. The Bertz CT molecular complexity index is 700. The van der Waals surface area contributed by atoms with Crippen molar-refractivity contribution in [2.75, 3.05) is 0 Å². The van der Waals surface area contributed by atoms with Crippen LogP contribution in [0, 0.1) is 16.0 Å². The van der Waals surface area contributed by atoms with Crippen molar-refractivity contribution >= 4 is 23.3 Å². The second kappa shape index (κ2) is 8.52. The number of carbonyl (C=O) groups is 3. The third kappa shape index (κ3) is 5.35. The number of hydrogen-bond acceptors (Lipinski definition) is 7. The highest BCUT2D eigenvalue weighted by molar-refractivity contribution is 5.96. The van der Waals surface area contributed by atoms with Crippen LogP contribution in [0.3, 0.4) is 0 Å². The van der Waals surface area contributed by atoms with Crippen molar-refractivity contribution < 1.29 is 29.2 Å². The number of carbonyl (C=O) groups excluding carboxylic acids is 3. The van der Waals surface area contributed by atoms with Gasteiger partial charge in [-0.05, 0) is 31.0 Å². The van der Waals surface area contributed by atoms with Crippen LogP contribution in [0.25, 0.3) is 0 Å². The summed E-state index contributed by atoms with van der Waals surface area (Å²) >= 11 is 0. The van der Waals surface area contributed by atoms with Gasteiger partial charge in [-0.15, -0.1) is 0 Å². The number of amides is 1. The number of aliphatic hydroxyl groups excluding tert-OH is 1. The third-order valence-corrected chi connectivity index (χ3v) is 4.17. The minimum absolute atomic E-state index is 0.00158. The number of aliphatic hydroxyl groups is 1. The van der Waals surface area contributed by atoms with Crippen molar-refractivity contribution in [1.82, 2.24) is 5.32 Å². The van der Waals surface area contributed by atoms with Gasteiger partial charge in [0.15, 0.2) is 0 Å². The van der Waals surface area contributed by atoms with E-state index in [1.54, 1.807) is 0 Å². The van der Waals surface area contributed by atoms with Crippen LogP contribution in [0.2, 0.25) is 0 Å². The Morgan fingerprint density at radius 1 is 1.38 bits per heavy atom. The number of rotatable bonds is 8. The molecule has 1 heterocycles. The number of non-ortho nitro benzene ring substituents is 1. The highest BCUT2D eigenvalue weighted by Crippen LogP contribution is 2.21. The average molecular weight is 364 g/mol. The number of nitrogens with one attached hydrogen (secondary N) is 1. The minimum atomic E-state index is -0.790. The Morgan fingerprint density at radius 2 is 2.04 bits per heavy atom.